The number of benzene rings is 1. The molecule has 0 bridgehead atoms. The zero-order valence-corrected chi connectivity index (χ0v) is 11.4. The monoisotopic (exact) mass is 265 g/mol. The Kier molecular flexibility index (Phi) is 3.48. The Labute approximate surface area is 111 Å². The van der Waals surface area contributed by atoms with Crippen molar-refractivity contribution in [2.75, 3.05) is 5.73 Å². The lowest BCUT2D eigenvalue weighted by molar-refractivity contribution is 0.242. The van der Waals surface area contributed by atoms with E-state index >= 15 is 0 Å². The predicted octanol–water partition coefficient (Wildman–Crippen LogP) is 3.11. The van der Waals surface area contributed by atoms with Gasteiger partial charge in [0.15, 0.2) is 0 Å². The van der Waals surface area contributed by atoms with Crippen molar-refractivity contribution in [3.63, 3.8) is 0 Å². The number of nitrogen functional groups attached to an aromatic ring is 1. The molecule has 0 aliphatic heterocycles. The van der Waals surface area contributed by atoms with Gasteiger partial charge in [-0.15, -0.1) is 0 Å². The van der Waals surface area contributed by atoms with E-state index in [0.29, 0.717) is 16.6 Å². The summed E-state index contributed by atoms with van der Waals surface area (Å²) in [7, 11) is 1.85. The van der Waals surface area contributed by atoms with Gasteiger partial charge in [-0.3, -0.25) is 4.68 Å². The largest absolute Gasteiger partial charge is 0.489 e. The van der Waals surface area contributed by atoms with Gasteiger partial charge in [-0.2, -0.15) is 5.10 Å². The Morgan fingerprint density at radius 2 is 2.06 bits per heavy atom. The van der Waals surface area contributed by atoms with E-state index in [0.717, 1.165) is 11.3 Å². The molecule has 18 heavy (non-hydrogen) atoms. The minimum absolute atomic E-state index is 0.0979. The standard InChI is InChI=1S/C13H16ClN3O/c1-8(2)18-12-5-4-9(6-10(12)14)11-7-13(15)16-17(11)3/h4-8H,1-3H3,(H2,15,16). The minimum atomic E-state index is 0.0979. The maximum atomic E-state index is 6.20. The number of ether oxygens (including phenoxy) is 1. The highest BCUT2D eigenvalue weighted by molar-refractivity contribution is 6.32. The third kappa shape index (κ3) is 2.59. The van der Waals surface area contributed by atoms with Gasteiger partial charge in [0.25, 0.3) is 0 Å². The predicted molar refractivity (Wildman–Crippen MR) is 73.8 cm³/mol. The van der Waals surface area contributed by atoms with E-state index in [2.05, 4.69) is 5.10 Å². The van der Waals surface area contributed by atoms with Crippen LogP contribution in [0.1, 0.15) is 13.8 Å². The minimum Gasteiger partial charge on any atom is -0.489 e. The molecule has 5 heteroatoms. The van der Waals surface area contributed by atoms with E-state index in [9.17, 15) is 0 Å². The summed E-state index contributed by atoms with van der Waals surface area (Å²) < 4.78 is 7.32. The molecular formula is C13H16ClN3O. The molecule has 2 aromatic rings. The number of aryl methyl sites for hydroxylation is 1. The lowest BCUT2D eigenvalue weighted by Gasteiger charge is -2.12. The Balaban J connectivity index is 2.37. The fourth-order valence-corrected chi connectivity index (χ4v) is 1.99. The zero-order valence-electron chi connectivity index (χ0n) is 10.6. The first-order chi connectivity index (χ1) is 8.47. The molecule has 0 radical (unpaired) electrons. The first kappa shape index (κ1) is 12.8. The van der Waals surface area contributed by atoms with Gasteiger partial charge < -0.3 is 10.5 Å². The highest BCUT2D eigenvalue weighted by atomic mass is 35.5. The third-order valence-corrected chi connectivity index (χ3v) is 2.78. The fourth-order valence-electron chi connectivity index (χ4n) is 1.77. The van der Waals surface area contributed by atoms with Crippen LogP contribution in [0.15, 0.2) is 24.3 Å². The van der Waals surface area contributed by atoms with Crippen molar-refractivity contribution >= 4 is 17.4 Å². The molecule has 1 heterocycles. The van der Waals surface area contributed by atoms with Crippen LogP contribution in [0.4, 0.5) is 5.82 Å². The van der Waals surface area contributed by atoms with Gasteiger partial charge in [0.05, 0.1) is 16.8 Å². The van der Waals surface area contributed by atoms with E-state index in [4.69, 9.17) is 22.1 Å². The van der Waals surface area contributed by atoms with E-state index in [1.165, 1.54) is 0 Å². The molecule has 0 aliphatic rings. The molecule has 0 aliphatic carbocycles. The Morgan fingerprint density at radius 3 is 2.56 bits per heavy atom. The number of halogens is 1. The molecule has 2 rings (SSSR count). The average Bonchev–Trinajstić information content (AvgIpc) is 2.60. The molecular weight excluding hydrogens is 250 g/mol. The summed E-state index contributed by atoms with van der Waals surface area (Å²) in [6.45, 7) is 3.93. The Bertz CT molecular complexity index is 563. The number of rotatable bonds is 3. The normalized spacial score (nSPS) is 10.9. The molecule has 0 unspecified atom stereocenters. The Morgan fingerprint density at radius 1 is 1.33 bits per heavy atom. The van der Waals surface area contributed by atoms with E-state index in [1.54, 1.807) is 4.68 Å². The van der Waals surface area contributed by atoms with E-state index < -0.39 is 0 Å². The van der Waals surface area contributed by atoms with Crippen LogP contribution in [0.3, 0.4) is 0 Å². The van der Waals surface area contributed by atoms with Crippen molar-refractivity contribution in [2.24, 2.45) is 7.05 Å². The lowest BCUT2D eigenvalue weighted by atomic mass is 10.1. The first-order valence-electron chi connectivity index (χ1n) is 5.73. The quantitative estimate of drug-likeness (QED) is 0.928. The van der Waals surface area contributed by atoms with Gasteiger partial charge in [-0.25, -0.2) is 0 Å². The van der Waals surface area contributed by atoms with Crippen molar-refractivity contribution in [1.29, 1.82) is 0 Å². The summed E-state index contributed by atoms with van der Waals surface area (Å²) in [5, 5.41) is 4.69. The molecule has 2 N–H and O–H groups in total. The molecule has 4 nitrogen and oxygen atoms in total. The van der Waals surface area contributed by atoms with Crippen molar-refractivity contribution in [2.45, 2.75) is 20.0 Å². The van der Waals surface area contributed by atoms with Crippen LogP contribution in [0.25, 0.3) is 11.3 Å². The van der Waals surface area contributed by atoms with Crippen molar-refractivity contribution in [1.82, 2.24) is 9.78 Å². The fraction of sp³-hybridized carbons (Fsp3) is 0.308. The summed E-state index contributed by atoms with van der Waals surface area (Å²) in [5.74, 6) is 1.18. The Hall–Kier alpha value is -1.68. The van der Waals surface area contributed by atoms with Crippen LogP contribution in [0.5, 0.6) is 5.75 Å². The second-order valence-corrected chi connectivity index (χ2v) is 4.80. The van der Waals surface area contributed by atoms with Crippen LogP contribution in [-0.2, 0) is 7.05 Å². The van der Waals surface area contributed by atoms with E-state index in [-0.39, 0.29) is 6.10 Å². The maximum Gasteiger partial charge on any atom is 0.146 e. The van der Waals surface area contributed by atoms with Gasteiger partial charge >= 0.3 is 0 Å². The summed E-state index contributed by atoms with van der Waals surface area (Å²) in [6.07, 6.45) is 0.0979. The van der Waals surface area contributed by atoms with Crippen molar-refractivity contribution in [3.05, 3.63) is 29.3 Å². The SMILES string of the molecule is CC(C)Oc1ccc(-c2cc(N)nn2C)cc1Cl. The van der Waals surface area contributed by atoms with Gasteiger partial charge in [-0.05, 0) is 32.0 Å². The van der Waals surface area contributed by atoms with Crippen LogP contribution in [0.2, 0.25) is 5.02 Å². The zero-order chi connectivity index (χ0) is 13.3. The smallest absolute Gasteiger partial charge is 0.146 e. The highest BCUT2D eigenvalue weighted by Crippen LogP contribution is 2.31. The van der Waals surface area contributed by atoms with E-state index in [1.807, 2.05) is 45.2 Å². The van der Waals surface area contributed by atoms with Gasteiger partial charge in [0.2, 0.25) is 0 Å². The summed E-state index contributed by atoms with van der Waals surface area (Å²) in [4.78, 5) is 0. The molecule has 1 aromatic heterocycles. The number of aromatic nitrogens is 2. The van der Waals surface area contributed by atoms with Crippen LogP contribution in [-0.4, -0.2) is 15.9 Å². The molecule has 0 spiro atoms. The van der Waals surface area contributed by atoms with Gasteiger partial charge in [0, 0.05) is 18.7 Å². The number of nitrogens with zero attached hydrogens (tertiary/aromatic N) is 2. The topological polar surface area (TPSA) is 53.1 Å². The number of anilines is 1. The number of hydrogen-bond acceptors (Lipinski definition) is 3. The molecule has 0 saturated heterocycles. The highest BCUT2D eigenvalue weighted by Gasteiger charge is 2.09. The van der Waals surface area contributed by atoms with Crippen LogP contribution < -0.4 is 10.5 Å². The molecule has 0 fully saturated rings. The average molecular weight is 266 g/mol. The third-order valence-electron chi connectivity index (χ3n) is 2.49. The molecule has 1 aromatic carbocycles. The molecule has 96 valence electrons. The van der Waals surface area contributed by atoms with Gasteiger partial charge in [-0.1, -0.05) is 11.6 Å². The van der Waals surface area contributed by atoms with Crippen LogP contribution >= 0.6 is 11.6 Å². The van der Waals surface area contributed by atoms with Crippen molar-refractivity contribution in [3.8, 4) is 17.0 Å². The molecule has 0 amide bonds. The number of nitrogens with two attached hydrogens (primary N) is 1. The first-order valence-corrected chi connectivity index (χ1v) is 6.11. The summed E-state index contributed by atoms with van der Waals surface area (Å²) in [6, 6.07) is 7.48. The summed E-state index contributed by atoms with van der Waals surface area (Å²) >= 11 is 6.20. The maximum absolute atomic E-state index is 6.20. The number of hydrogen-bond donors (Lipinski definition) is 1. The van der Waals surface area contributed by atoms with Gasteiger partial charge in [0.1, 0.15) is 11.6 Å². The van der Waals surface area contributed by atoms with Crippen molar-refractivity contribution < 1.29 is 4.74 Å². The lowest BCUT2D eigenvalue weighted by Crippen LogP contribution is -2.05. The molecule has 0 saturated carbocycles. The summed E-state index contributed by atoms with van der Waals surface area (Å²) in [5.41, 5.74) is 7.54. The molecule has 0 atom stereocenters. The second-order valence-electron chi connectivity index (χ2n) is 4.39. The second kappa shape index (κ2) is 4.90. The van der Waals surface area contributed by atoms with Crippen LogP contribution in [0, 0.1) is 0 Å².